The number of carbonyl (C=O) groups is 2. The van der Waals surface area contributed by atoms with E-state index in [9.17, 15) is 9.59 Å². The number of rotatable bonds is 4. The van der Waals surface area contributed by atoms with E-state index in [1.54, 1.807) is 0 Å². The average Bonchev–Trinajstić information content (AvgIpc) is 2.29. The summed E-state index contributed by atoms with van der Waals surface area (Å²) in [6, 6.07) is 3.51. The molecule has 0 radical (unpaired) electrons. The number of hydrogen-bond acceptors (Lipinski definition) is 3. The third-order valence-electron chi connectivity index (χ3n) is 2.13. The van der Waals surface area contributed by atoms with Crippen LogP contribution in [0.1, 0.15) is 17.3 Å². The summed E-state index contributed by atoms with van der Waals surface area (Å²) >= 11 is 5.81. The summed E-state index contributed by atoms with van der Waals surface area (Å²) in [5.41, 5.74) is 0.291. The monoisotopic (exact) mass is 257 g/mol. The van der Waals surface area contributed by atoms with Crippen molar-refractivity contribution in [3.63, 3.8) is 0 Å². The Morgan fingerprint density at radius 1 is 1.47 bits per heavy atom. The lowest BCUT2D eigenvalue weighted by Gasteiger charge is -2.10. The van der Waals surface area contributed by atoms with Crippen LogP contribution in [-0.2, 0) is 4.79 Å². The molecular weight excluding hydrogens is 246 g/mol. The summed E-state index contributed by atoms with van der Waals surface area (Å²) in [5.74, 6) is -1.23. The number of methoxy groups -OCH3 is 1. The molecular formula is C11H12ClNO4. The highest BCUT2D eigenvalue weighted by Gasteiger charge is 2.16. The number of carboxylic acids is 1. The molecule has 0 aliphatic rings. The van der Waals surface area contributed by atoms with Gasteiger partial charge in [0.05, 0.1) is 12.1 Å². The molecule has 0 unspecified atom stereocenters. The summed E-state index contributed by atoms with van der Waals surface area (Å²) in [6.07, 6.45) is 0. The van der Waals surface area contributed by atoms with Gasteiger partial charge in [-0.25, -0.2) is 0 Å². The third kappa shape index (κ3) is 3.35. The zero-order valence-corrected chi connectivity index (χ0v) is 10.1. The molecule has 92 valence electrons. The maximum absolute atomic E-state index is 11.7. The second-order valence-corrected chi connectivity index (χ2v) is 3.79. The van der Waals surface area contributed by atoms with E-state index in [1.807, 2.05) is 0 Å². The Morgan fingerprint density at radius 2 is 2.12 bits per heavy atom. The molecule has 0 aliphatic heterocycles. The topological polar surface area (TPSA) is 75.6 Å². The van der Waals surface area contributed by atoms with E-state index >= 15 is 0 Å². The van der Waals surface area contributed by atoms with Gasteiger partial charge in [-0.15, -0.1) is 0 Å². The molecule has 1 aromatic rings. The molecule has 6 heteroatoms. The van der Waals surface area contributed by atoms with E-state index in [1.165, 1.54) is 32.2 Å². The molecule has 1 rings (SSSR count). The first-order valence-corrected chi connectivity index (χ1v) is 5.20. The van der Waals surface area contributed by atoms with Crippen molar-refractivity contribution < 1.29 is 19.4 Å². The van der Waals surface area contributed by atoms with E-state index < -0.39 is 17.9 Å². The largest absolute Gasteiger partial charge is 0.495 e. The fourth-order valence-corrected chi connectivity index (χ4v) is 1.34. The minimum atomic E-state index is -1.10. The van der Waals surface area contributed by atoms with Crippen molar-refractivity contribution in [1.82, 2.24) is 5.32 Å². The summed E-state index contributed by atoms with van der Waals surface area (Å²) in [6.45, 7) is 1.38. The van der Waals surface area contributed by atoms with Crippen LogP contribution in [0.2, 0.25) is 5.02 Å². The average molecular weight is 258 g/mol. The van der Waals surface area contributed by atoms with Gasteiger partial charge in [0.2, 0.25) is 0 Å². The van der Waals surface area contributed by atoms with Gasteiger partial charge in [-0.1, -0.05) is 11.6 Å². The van der Waals surface area contributed by atoms with Gasteiger partial charge in [-0.3, -0.25) is 9.59 Å². The van der Waals surface area contributed by atoms with Crippen LogP contribution in [0.15, 0.2) is 18.2 Å². The van der Waals surface area contributed by atoms with Crippen LogP contribution in [0.4, 0.5) is 0 Å². The van der Waals surface area contributed by atoms with Gasteiger partial charge in [0.25, 0.3) is 5.91 Å². The van der Waals surface area contributed by atoms with Crippen molar-refractivity contribution in [2.45, 2.75) is 13.0 Å². The highest BCUT2D eigenvalue weighted by atomic mass is 35.5. The van der Waals surface area contributed by atoms with Gasteiger partial charge in [-0.05, 0) is 25.1 Å². The first-order valence-electron chi connectivity index (χ1n) is 4.83. The molecule has 0 heterocycles. The minimum Gasteiger partial charge on any atom is -0.495 e. The Bertz CT molecular complexity index is 447. The molecule has 17 heavy (non-hydrogen) atoms. The molecule has 1 aromatic carbocycles. The van der Waals surface area contributed by atoms with E-state index in [2.05, 4.69) is 5.32 Å². The van der Waals surface area contributed by atoms with Gasteiger partial charge >= 0.3 is 5.97 Å². The number of ether oxygens (including phenoxy) is 1. The number of benzene rings is 1. The highest BCUT2D eigenvalue weighted by Crippen LogP contribution is 2.24. The zero-order chi connectivity index (χ0) is 13.0. The predicted octanol–water partition coefficient (Wildman–Crippen LogP) is 1.55. The summed E-state index contributed by atoms with van der Waals surface area (Å²) in [5, 5.41) is 11.4. The van der Waals surface area contributed by atoms with Crippen molar-refractivity contribution in [2.24, 2.45) is 0 Å². The van der Waals surface area contributed by atoms with Crippen LogP contribution in [0.5, 0.6) is 5.75 Å². The summed E-state index contributed by atoms with van der Waals surface area (Å²) < 4.78 is 4.96. The Kier molecular flexibility index (Phi) is 4.34. The second-order valence-electron chi connectivity index (χ2n) is 3.38. The molecule has 0 bridgehead atoms. The maximum Gasteiger partial charge on any atom is 0.325 e. The molecule has 2 N–H and O–H groups in total. The second kappa shape index (κ2) is 5.54. The van der Waals surface area contributed by atoms with Crippen LogP contribution in [0, 0.1) is 0 Å². The SMILES string of the molecule is COc1cc(C(=O)N[C@@H](C)C(=O)O)ccc1Cl. The van der Waals surface area contributed by atoms with Crippen LogP contribution in [0.25, 0.3) is 0 Å². The lowest BCUT2D eigenvalue weighted by molar-refractivity contribution is -0.138. The van der Waals surface area contributed by atoms with Crippen molar-refractivity contribution in [3.8, 4) is 5.75 Å². The van der Waals surface area contributed by atoms with E-state index in [0.717, 1.165) is 0 Å². The lowest BCUT2D eigenvalue weighted by atomic mass is 10.2. The van der Waals surface area contributed by atoms with Gasteiger partial charge < -0.3 is 15.2 Å². The fraction of sp³-hybridized carbons (Fsp3) is 0.273. The van der Waals surface area contributed by atoms with Gasteiger partial charge in [0, 0.05) is 5.56 Å². The normalized spacial score (nSPS) is 11.7. The van der Waals surface area contributed by atoms with Crippen molar-refractivity contribution in [2.75, 3.05) is 7.11 Å². The standard InChI is InChI=1S/C11H12ClNO4/c1-6(11(15)16)13-10(14)7-3-4-8(12)9(5-7)17-2/h3-6H,1-2H3,(H,13,14)(H,15,16)/t6-/m0/s1. The Hall–Kier alpha value is -1.75. The number of amides is 1. The molecule has 0 fully saturated rings. The van der Waals surface area contributed by atoms with Crippen LogP contribution >= 0.6 is 11.6 Å². The number of carbonyl (C=O) groups excluding carboxylic acids is 1. The van der Waals surface area contributed by atoms with Crippen LogP contribution < -0.4 is 10.1 Å². The molecule has 5 nitrogen and oxygen atoms in total. The number of nitrogens with one attached hydrogen (secondary N) is 1. The first kappa shape index (κ1) is 13.3. The van der Waals surface area contributed by atoms with E-state index in [0.29, 0.717) is 16.3 Å². The number of halogens is 1. The fourth-order valence-electron chi connectivity index (χ4n) is 1.14. The quantitative estimate of drug-likeness (QED) is 0.858. The maximum atomic E-state index is 11.7. The van der Waals surface area contributed by atoms with Crippen molar-refractivity contribution in [1.29, 1.82) is 0 Å². The first-order chi connectivity index (χ1) is 7.95. The number of aliphatic carboxylic acids is 1. The molecule has 0 spiro atoms. The lowest BCUT2D eigenvalue weighted by Crippen LogP contribution is -2.38. The van der Waals surface area contributed by atoms with Crippen molar-refractivity contribution in [3.05, 3.63) is 28.8 Å². The van der Waals surface area contributed by atoms with Crippen LogP contribution in [-0.4, -0.2) is 30.1 Å². The molecule has 0 aromatic heterocycles. The van der Waals surface area contributed by atoms with E-state index in [4.69, 9.17) is 21.4 Å². The molecule has 1 amide bonds. The Balaban J connectivity index is 2.86. The van der Waals surface area contributed by atoms with Gasteiger partial charge in [0.1, 0.15) is 11.8 Å². The van der Waals surface area contributed by atoms with Crippen LogP contribution in [0.3, 0.4) is 0 Å². The number of carboxylic acid groups (broad SMARTS) is 1. The van der Waals surface area contributed by atoms with E-state index in [-0.39, 0.29) is 0 Å². The zero-order valence-electron chi connectivity index (χ0n) is 9.36. The molecule has 0 saturated carbocycles. The summed E-state index contributed by atoms with van der Waals surface area (Å²) in [7, 11) is 1.43. The molecule has 0 aliphatic carbocycles. The Morgan fingerprint density at radius 3 is 2.65 bits per heavy atom. The van der Waals surface area contributed by atoms with Gasteiger partial charge in [-0.2, -0.15) is 0 Å². The smallest absolute Gasteiger partial charge is 0.325 e. The van der Waals surface area contributed by atoms with Gasteiger partial charge in [0.15, 0.2) is 0 Å². The highest BCUT2D eigenvalue weighted by molar-refractivity contribution is 6.32. The predicted molar refractivity (Wildman–Crippen MR) is 62.6 cm³/mol. The number of hydrogen-bond donors (Lipinski definition) is 2. The third-order valence-corrected chi connectivity index (χ3v) is 2.44. The summed E-state index contributed by atoms with van der Waals surface area (Å²) in [4.78, 5) is 22.2. The Labute approximate surface area is 103 Å². The molecule has 0 saturated heterocycles. The minimum absolute atomic E-state index is 0.291. The van der Waals surface area contributed by atoms with Crippen molar-refractivity contribution >= 4 is 23.5 Å². The molecule has 1 atom stereocenters.